The molecule has 1 saturated heterocycles. The van der Waals surface area contributed by atoms with Crippen LogP contribution in [0.4, 0.5) is 13.2 Å². The first-order valence-electron chi connectivity index (χ1n) is 10.0. The van der Waals surface area contributed by atoms with Crippen LogP contribution in [0.5, 0.6) is 5.75 Å². The smallest absolute Gasteiger partial charge is 0.406 e. The van der Waals surface area contributed by atoms with E-state index in [1.54, 1.807) is 12.1 Å². The lowest BCUT2D eigenvalue weighted by atomic mass is 10.1. The van der Waals surface area contributed by atoms with Gasteiger partial charge in [-0.15, -0.1) is 37.1 Å². The Hall–Kier alpha value is -1.23. The van der Waals surface area contributed by atoms with E-state index >= 15 is 0 Å². The van der Waals surface area contributed by atoms with Crippen molar-refractivity contribution in [2.45, 2.75) is 51.9 Å². The number of rotatable bonds is 8. The van der Waals surface area contributed by atoms with Crippen LogP contribution in [0.25, 0.3) is 0 Å². The minimum Gasteiger partial charge on any atom is -0.406 e. The van der Waals surface area contributed by atoms with Gasteiger partial charge in [-0.1, -0.05) is 19.1 Å². The predicted octanol–water partition coefficient (Wildman–Crippen LogP) is 4.18. The molecule has 0 bridgehead atoms. The van der Waals surface area contributed by atoms with E-state index in [9.17, 15) is 13.2 Å². The van der Waals surface area contributed by atoms with Crippen molar-refractivity contribution in [3.63, 3.8) is 0 Å². The maximum atomic E-state index is 12.2. The first kappa shape index (κ1) is 25.8. The molecular formula is C20H32F3IN4O. The minimum absolute atomic E-state index is 0. The van der Waals surface area contributed by atoms with Crippen LogP contribution in [0.2, 0.25) is 0 Å². The highest BCUT2D eigenvalue weighted by Gasteiger charge is 2.30. The van der Waals surface area contributed by atoms with E-state index in [-0.39, 0.29) is 29.7 Å². The number of ether oxygens (including phenoxy) is 1. The molecule has 1 aliphatic heterocycles. The zero-order valence-corrected chi connectivity index (χ0v) is 19.4. The molecule has 1 aromatic carbocycles. The number of hydrogen-bond donors (Lipinski definition) is 2. The number of aliphatic imine (C=N–C) groups is 1. The third-order valence-corrected chi connectivity index (χ3v) is 4.64. The molecule has 0 radical (unpaired) electrons. The molecule has 5 nitrogen and oxygen atoms in total. The van der Waals surface area contributed by atoms with E-state index < -0.39 is 6.36 Å². The minimum atomic E-state index is -4.66. The van der Waals surface area contributed by atoms with Crippen molar-refractivity contribution in [3.05, 3.63) is 29.8 Å². The lowest BCUT2D eigenvalue weighted by Gasteiger charge is -2.32. The second-order valence-corrected chi connectivity index (χ2v) is 6.96. The largest absolute Gasteiger partial charge is 0.573 e. The zero-order valence-electron chi connectivity index (χ0n) is 17.1. The van der Waals surface area contributed by atoms with Crippen molar-refractivity contribution < 1.29 is 17.9 Å². The van der Waals surface area contributed by atoms with Crippen LogP contribution < -0.4 is 15.4 Å². The highest BCUT2D eigenvalue weighted by Crippen LogP contribution is 2.22. The Bertz CT molecular complexity index is 603. The van der Waals surface area contributed by atoms with Crippen molar-refractivity contribution in [2.75, 3.05) is 32.7 Å². The number of nitrogens with zero attached hydrogens (tertiary/aromatic N) is 2. The standard InChI is InChI=1S/C20H31F3N4O.HI/c1-3-13-27-14-10-17(11-15-27)26-19(24-4-2)25-12-9-16-5-7-18(8-6-16)28-20(21,22)23;/h5-8,17H,3-4,9-15H2,1-2H3,(H2,24,25,26);1H. The number of benzene rings is 1. The van der Waals surface area contributed by atoms with Crippen LogP contribution in [0, 0.1) is 0 Å². The second-order valence-electron chi connectivity index (χ2n) is 6.96. The molecule has 0 aromatic heterocycles. The van der Waals surface area contributed by atoms with E-state index in [1.165, 1.54) is 18.6 Å². The first-order chi connectivity index (χ1) is 13.4. The predicted molar refractivity (Wildman–Crippen MR) is 121 cm³/mol. The number of hydrogen-bond acceptors (Lipinski definition) is 3. The number of likely N-dealkylation sites (tertiary alicyclic amines) is 1. The van der Waals surface area contributed by atoms with E-state index in [0.717, 1.165) is 50.5 Å². The van der Waals surface area contributed by atoms with Crippen LogP contribution >= 0.6 is 24.0 Å². The van der Waals surface area contributed by atoms with Gasteiger partial charge in [0, 0.05) is 32.2 Å². The van der Waals surface area contributed by atoms with Gasteiger partial charge in [0.15, 0.2) is 5.96 Å². The summed E-state index contributed by atoms with van der Waals surface area (Å²) in [6, 6.07) is 6.37. The van der Waals surface area contributed by atoms with Crippen LogP contribution in [-0.4, -0.2) is 56.0 Å². The Morgan fingerprint density at radius 3 is 2.38 bits per heavy atom. The average molecular weight is 528 g/mol. The van der Waals surface area contributed by atoms with Crippen molar-refractivity contribution in [1.82, 2.24) is 15.5 Å². The highest BCUT2D eigenvalue weighted by molar-refractivity contribution is 14.0. The molecular weight excluding hydrogens is 496 g/mol. The molecule has 0 spiro atoms. The summed E-state index contributed by atoms with van der Waals surface area (Å²) in [6.07, 6.45) is -0.621. The van der Waals surface area contributed by atoms with Crippen molar-refractivity contribution in [3.8, 4) is 5.75 Å². The fraction of sp³-hybridized carbons (Fsp3) is 0.650. The molecule has 0 aliphatic carbocycles. The molecule has 2 N–H and O–H groups in total. The van der Waals surface area contributed by atoms with E-state index in [4.69, 9.17) is 0 Å². The molecule has 9 heteroatoms. The quantitative estimate of drug-likeness (QED) is 0.302. The van der Waals surface area contributed by atoms with Crippen molar-refractivity contribution in [2.24, 2.45) is 4.99 Å². The third-order valence-electron chi connectivity index (χ3n) is 4.64. The van der Waals surface area contributed by atoms with E-state index in [2.05, 4.69) is 32.2 Å². The van der Waals surface area contributed by atoms with Gasteiger partial charge in [0.1, 0.15) is 5.75 Å². The summed E-state index contributed by atoms with van der Waals surface area (Å²) in [5, 5.41) is 6.78. The van der Waals surface area contributed by atoms with Gasteiger partial charge in [0.05, 0.1) is 0 Å². The molecule has 1 heterocycles. The normalized spacial score (nSPS) is 16.2. The maximum absolute atomic E-state index is 12.2. The Kier molecular flexibility index (Phi) is 11.7. The van der Waals surface area contributed by atoms with Crippen LogP contribution in [0.3, 0.4) is 0 Å². The van der Waals surface area contributed by atoms with Crippen molar-refractivity contribution >= 4 is 29.9 Å². The van der Waals surface area contributed by atoms with Gasteiger partial charge < -0.3 is 20.3 Å². The number of halogens is 4. The van der Waals surface area contributed by atoms with Crippen LogP contribution in [0.1, 0.15) is 38.7 Å². The molecule has 2 rings (SSSR count). The summed E-state index contributed by atoms with van der Waals surface area (Å²) < 4.78 is 40.5. The molecule has 1 aromatic rings. The SMILES string of the molecule is CCCN1CCC(NC(=NCCc2ccc(OC(F)(F)F)cc2)NCC)CC1.I. The topological polar surface area (TPSA) is 48.9 Å². The van der Waals surface area contributed by atoms with E-state index in [1.807, 2.05) is 6.92 Å². The Labute approximate surface area is 188 Å². The fourth-order valence-corrected chi connectivity index (χ4v) is 3.29. The molecule has 1 aliphatic rings. The van der Waals surface area contributed by atoms with E-state index in [0.29, 0.717) is 19.0 Å². The molecule has 29 heavy (non-hydrogen) atoms. The molecule has 166 valence electrons. The molecule has 0 saturated carbocycles. The third kappa shape index (κ3) is 10.4. The van der Waals surface area contributed by atoms with Crippen molar-refractivity contribution in [1.29, 1.82) is 0 Å². The van der Waals surface area contributed by atoms with Crippen LogP contribution in [0.15, 0.2) is 29.3 Å². The summed E-state index contributed by atoms with van der Waals surface area (Å²) in [4.78, 5) is 7.10. The summed E-state index contributed by atoms with van der Waals surface area (Å²) in [7, 11) is 0. The molecule has 1 fully saturated rings. The molecule has 0 unspecified atom stereocenters. The van der Waals surface area contributed by atoms with Gasteiger partial charge in [-0.25, -0.2) is 0 Å². The Morgan fingerprint density at radius 2 is 1.83 bits per heavy atom. The van der Waals surface area contributed by atoms with Gasteiger partial charge in [-0.3, -0.25) is 4.99 Å². The Balaban J connectivity index is 0.00000420. The summed E-state index contributed by atoms with van der Waals surface area (Å²) in [6.45, 7) is 8.95. The lowest BCUT2D eigenvalue weighted by molar-refractivity contribution is -0.274. The number of guanidine groups is 1. The molecule has 0 amide bonds. The summed E-state index contributed by atoms with van der Waals surface area (Å²) in [5.74, 6) is 0.595. The summed E-state index contributed by atoms with van der Waals surface area (Å²) >= 11 is 0. The fourth-order valence-electron chi connectivity index (χ4n) is 3.29. The van der Waals surface area contributed by atoms with Gasteiger partial charge >= 0.3 is 6.36 Å². The van der Waals surface area contributed by atoms with Gasteiger partial charge in [-0.05, 0) is 56.8 Å². The van der Waals surface area contributed by atoms with Gasteiger partial charge in [0.2, 0.25) is 0 Å². The average Bonchev–Trinajstić information content (AvgIpc) is 2.64. The van der Waals surface area contributed by atoms with Gasteiger partial charge in [0.25, 0.3) is 0 Å². The monoisotopic (exact) mass is 528 g/mol. The summed E-state index contributed by atoms with van der Waals surface area (Å²) in [5.41, 5.74) is 0.919. The maximum Gasteiger partial charge on any atom is 0.573 e. The second kappa shape index (κ2) is 13.1. The zero-order chi connectivity index (χ0) is 20.4. The lowest BCUT2D eigenvalue weighted by Crippen LogP contribution is -2.48. The number of alkyl halides is 3. The first-order valence-corrected chi connectivity index (χ1v) is 10.0. The number of nitrogens with one attached hydrogen (secondary N) is 2. The Morgan fingerprint density at radius 1 is 1.17 bits per heavy atom. The highest BCUT2D eigenvalue weighted by atomic mass is 127. The van der Waals surface area contributed by atoms with Crippen LogP contribution in [-0.2, 0) is 6.42 Å². The number of piperidine rings is 1. The molecule has 0 atom stereocenters. The van der Waals surface area contributed by atoms with Gasteiger partial charge in [-0.2, -0.15) is 0 Å².